The highest BCUT2D eigenvalue weighted by molar-refractivity contribution is 6.32. The summed E-state index contributed by atoms with van der Waals surface area (Å²) < 4.78 is 4.43. The number of hydrogen-bond acceptors (Lipinski definition) is 3. The molecule has 12 heavy (non-hydrogen) atoms. The lowest BCUT2D eigenvalue weighted by atomic mass is 10.5. The third-order valence-corrected chi connectivity index (χ3v) is 0.970. The maximum atomic E-state index is 10.8. The molecule has 0 spiro atoms. The molecule has 0 rings (SSSR count). The van der Waals surface area contributed by atoms with Crippen molar-refractivity contribution < 1.29 is 14.3 Å². The fraction of sp³-hybridized carbons (Fsp3) is 0.375. The van der Waals surface area contributed by atoms with Gasteiger partial charge in [0.25, 0.3) is 0 Å². The van der Waals surface area contributed by atoms with Crippen LogP contribution in [-0.4, -0.2) is 25.0 Å². The first-order chi connectivity index (χ1) is 5.72. The zero-order chi connectivity index (χ0) is 9.40. The lowest BCUT2D eigenvalue weighted by Gasteiger charge is -2.00. The number of rotatable bonds is 3. The van der Waals surface area contributed by atoms with Gasteiger partial charge in [-0.05, 0) is 13.0 Å². The Morgan fingerprint density at radius 2 is 2.33 bits per heavy atom. The van der Waals surface area contributed by atoms with Crippen LogP contribution in [0.25, 0.3) is 0 Å². The smallest absolute Gasteiger partial charge is 0.396 e. The normalized spacial score (nSPS) is 8.08. The minimum absolute atomic E-state index is 0.198. The average molecular weight is 169 g/mol. The van der Waals surface area contributed by atoms with Crippen molar-refractivity contribution >= 4 is 11.9 Å². The highest BCUT2D eigenvalue weighted by Crippen LogP contribution is 1.77. The maximum absolute atomic E-state index is 10.8. The number of carbonyl (C=O) groups is 2. The second kappa shape index (κ2) is 6.19. The van der Waals surface area contributed by atoms with E-state index in [1.54, 1.807) is 6.92 Å². The van der Waals surface area contributed by atoms with Gasteiger partial charge in [-0.3, -0.25) is 4.79 Å². The van der Waals surface area contributed by atoms with Crippen LogP contribution in [0.2, 0.25) is 0 Å². The molecular weight excluding hydrogens is 158 g/mol. The van der Waals surface area contributed by atoms with Gasteiger partial charge in [-0.15, -0.1) is 5.73 Å². The van der Waals surface area contributed by atoms with Crippen molar-refractivity contribution in [2.75, 3.05) is 13.2 Å². The van der Waals surface area contributed by atoms with Crippen molar-refractivity contribution in [2.24, 2.45) is 0 Å². The van der Waals surface area contributed by atoms with Gasteiger partial charge in [-0.2, -0.15) is 0 Å². The summed E-state index contributed by atoms with van der Waals surface area (Å²) in [7, 11) is 0. The summed E-state index contributed by atoms with van der Waals surface area (Å²) in [4.78, 5) is 21.4. The van der Waals surface area contributed by atoms with E-state index in [1.165, 1.54) is 6.08 Å². The van der Waals surface area contributed by atoms with E-state index < -0.39 is 11.9 Å². The molecule has 0 radical (unpaired) electrons. The van der Waals surface area contributed by atoms with Crippen molar-refractivity contribution in [2.45, 2.75) is 6.92 Å². The summed E-state index contributed by atoms with van der Waals surface area (Å²) in [5, 5.41) is 2.30. The Morgan fingerprint density at radius 1 is 1.67 bits per heavy atom. The zero-order valence-electron chi connectivity index (χ0n) is 6.92. The molecule has 0 saturated heterocycles. The molecule has 0 heterocycles. The Labute approximate surface area is 70.9 Å². The van der Waals surface area contributed by atoms with Crippen LogP contribution >= 0.6 is 0 Å². The molecule has 0 aliphatic rings. The van der Waals surface area contributed by atoms with Crippen LogP contribution in [0.3, 0.4) is 0 Å². The van der Waals surface area contributed by atoms with Crippen molar-refractivity contribution in [3.8, 4) is 0 Å². The Hall–Kier alpha value is -1.54. The Balaban J connectivity index is 3.71. The third-order valence-electron chi connectivity index (χ3n) is 0.970. The molecule has 0 aromatic heterocycles. The van der Waals surface area contributed by atoms with Gasteiger partial charge in [0.2, 0.25) is 0 Å². The van der Waals surface area contributed by atoms with Crippen LogP contribution in [0.1, 0.15) is 6.92 Å². The van der Waals surface area contributed by atoms with Crippen LogP contribution in [-0.2, 0) is 14.3 Å². The maximum Gasteiger partial charge on any atom is 0.396 e. The third kappa shape index (κ3) is 4.30. The fourth-order valence-corrected chi connectivity index (χ4v) is 0.485. The van der Waals surface area contributed by atoms with E-state index in [9.17, 15) is 9.59 Å². The van der Waals surface area contributed by atoms with Gasteiger partial charge >= 0.3 is 11.9 Å². The quantitative estimate of drug-likeness (QED) is 0.368. The van der Waals surface area contributed by atoms with Gasteiger partial charge < -0.3 is 10.1 Å². The number of amides is 1. The number of esters is 1. The summed E-state index contributed by atoms with van der Waals surface area (Å²) in [5.74, 6) is -1.61. The first-order valence-electron chi connectivity index (χ1n) is 3.51. The Morgan fingerprint density at radius 3 is 2.83 bits per heavy atom. The number of carbonyl (C=O) groups excluding carboxylic acids is 2. The first kappa shape index (κ1) is 10.5. The standard InChI is InChI=1S/C8H11NO3/c1-3-5-6-9-7(10)8(11)12-4-2/h5H,1,4,6H2,2H3,(H,9,10). The van der Waals surface area contributed by atoms with Crippen LogP contribution < -0.4 is 5.32 Å². The van der Waals surface area contributed by atoms with Crippen LogP contribution in [0.5, 0.6) is 0 Å². The van der Waals surface area contributed by atoms with Gasteiger partial charge in [-0.25, -0.2) is 4.79 Å². The molecule has 0 atom stereocenters. The second-order valence-electron chi connectivity index (χ2n) is 1.84. The Kier molecular flexibility index (Phi) is 5.39. The molecule has 1 amide bonds. The first-order valence-corrected chi connectivity index (χ1v) is 3.51. The molecule has 0 aliphatic carbocycles. The van der Waals surface area contributed by atoms with Crippen molar-refractivity contribution in [3.05, 3.63) is 18.4 Å². The summed E-state index contributed by atoms with van der Waals surface area (Å²) in [6.45, 7) is 5.36. The van der Waals surface area contributed by atoms with Crippen LogP contribution in [0, 0.1) is 0 Å². The van der Waals surface area contributed by atoms with Gasteiger partial charge in [0.1, 0.15) is 0 Å². The number of ether oxygens (including phenoxy) is 1. The van der Waals surface area contributed by atoms with Gasteiger partial charge in [0.15, 0.2) is 0 Å². The van der Waals surface area contributed by atoms with E-state index in [1.807, 2.05) is 0 Å². The van der Waals surface area contributed by atoms with E-state index in [2.05, 4.69) is 22.4 Å². The molecule has 0 unspecified atom stereocenters. The summed E-state index contributed by atoms with van der Waals surface area (Å²) >= 11 is 0. The number of hydrogen-bond donors (Lipinski definition) is 1. The molecular formula is C8H11NO3. The largest absolute Gasteiger partial charge is 0.459 e. The molecule has 1 N–H and O–H groups in total. The highest BCUT2D eigenvalue weighted by atomic mass is 16.5. The summed E-state index contributed by atoms with van der Waals surface area (Å²) in [6, 6.07) is 0. The minimum Gasteiger partial charge on any atom is -0.459 e. The van der Waals surface area contributed by atoms with Crippen LogP contribution in [0.4, 0.5) is 0 Å². The molecule has 66 valence electrons. The van der Waals surface area contributed by atoms with E-state index in [0.717, 1.165) is 0 Å². The van der Waals surface area contributed by atoms with E-state index in [4.69, 9.17) is 0 Å². The minimum atomic E-state index is -0.866. The van der Waals surface area contributed by atoms with Crippen LogP contribution in [0.15, 0.2) is 18.4 Å². The zero-order valence-corrected chi connectivity index (χ0v) is 6.92. The fourth-order valence-electron chi connectivity index (χ4n) is 0.485. The van der Waals surface area contributed by atoms with Crippen molar-refractivity contribution in [3.63, 3.8) is 0 Å². The van der Waals surface area contributed by atoms with Gasteiger partial charge in [-0.1, -0.05) is 6.58 Å². The van der Waals surface area contributed by atoms with E-state index >= 15 is 0 Å². The van der Waals surface area contributed by atoms with Crippen molar-refractivity contribution in [1.29, 1.82) is 0 Å². The monoisotopic (exact) mass is 169 g/mol. The van der Waals surface area contributed by atoms with Gasteiger partial charge in [0, 0.05) is 6.54 Å². The number of nitrogens with one attached hydrogen (secondary N) is 1. The highest BCUT2D eigenvalue weighted by Gasteiger charge is 2.12. The molecule has 0 saturated carbocycles. The van der Waals surface area contributed by atoms with E-state index in [0.29, 0.717) is 0 Å². The lowest BCUT2D eigenvalue weighted by Crippen LogP contribution is -2.32. The average Bonchev–Trinajstić information content (AvgIpc) is 2.05. The lowest BCUT2D eigenvalue weighted by molar-refractivity contribution is -0.154. The Bertz CT molecular complexity index is 216. The summed E-state index contributed by atoms with van der Waals surface area (Å²) in [6.07, 6.45) is 1.50. The molecule has 0 aromatic rings. The predicted octanol–water partition coefficient (Wildman–Crippen LogP) is 0.00680. The molecule has 0 aliphatic heterocycles. The molecule has 0 aromatic carbocycles. The predicted molar refractivity (Wildman–Crippen MR) is 43.4 cm³/mol. The summed E-state index contributed by atoms with van der Waals surface area (Å²) in [5.41, 5.74) is 2.45. The van der Waals surface area contributed by atoms with Crippen molar-refractivity contribution in [1.82, 2.24) is 5.32 Å². The topological polar surface area (TPSA) is 55.4 Å². The van der Waals surface area contributed by atoms with Gasteiger partial charge in [0.05, 0.1) is 6.61 Å². The molecule has 4 nitrogen and oxygen atoms in total. The second-order valence-corrected chi connectivity index (χ2v) is 1.84. The SMILES string of the molecule is C=C=CCNC(=O)C(=O)OCC. The molecule has 0 bridgehead atoms. The molecule has 0 fully saturated rings. The molecule has 4 heteroatoms. The van der Waals surface area contributed by atoms with E-state index in [-0.39, 0.29) is 13.2 Å².